The number of esters is 1. The summed E-state index contributed by atoms with van der Waals surface area (Å²) in [6, 6.07) is 10.5. The average molecular weight is 477 g/mol. The molecule has 1 amide bonds. The van der Waals surface area contributed by atoms with E-state index in [-0.39, 0.29) is 24.5 Å². The molecule has 0 unspecified atom stereocenters. The number of carbonyl (C=O) groups excluding carboxylic acids is 2. The van der Waals surface area contributed by atoms with Crippen molar-refractivity contribution in [2.24, 2.45) is 0 Å². The number of nitrogens with one attached hydrogen (secondary N) is 1. The number of carbonyl (C=O) groups is 2. The first-order valence-electron chi connectivity index (χ1n) is 8.68. The van der Waals surface area contributed by atoms with Gasteiger partial charge in [0.25, 0.3) is 5.56 Å². The molecule has 150 valence electrons. The standard InChI is InChI=1S/C19H17BrN4O4S/c1-2-28-18(27)9-14-11-29-19(21-14)22-16(25)10-24-17(26)7-6-15(23-24)12-4-3-5-13(20)8-12/h3-8,11H,2,9-10H2,1H3,(H,21,22,25). The van der Waals surface area contributed by atoms with Gasteiger partial charge in [-0.3, -0.25) is 14.4 Å². The van der Waals surface area contributed by atoms with Crippen LogP contribution in [0.25, 0.3) is 11.3 Å². The number of aromatic nitrogens is 3. The fourth-order valence-electron chi connectivity index (χ4n) is 2.46. The van der Waals surface area contributed by atoms with Crippen molar-refractivity contribution in [3.63, 3.8) is 0 Å². The summed E-state index contributed by atoms with van der Waals surface area (Å²) in [4.78, 5) is 40.1. The van der Waals surface area contributed by atoms with Gasteiger partial charge in [0, 0.05) is 21.5 Å². The van der Waals surface area contributed by atoms with E-state index < -0.39 is 5.91 Å². The van der Waals surface area contributed by atoms with Gasteiger partial charge in [-0.1, -0.05) is 28.1 Å². The molecule has 0 aliphatic heterocycles. The first-order chi connectivity index (χ1) is 13.9. The first kappa shape index (κ1) is 20.9. The molecule has 0 aliphatic carbocycles. The molecule has 0 radical (unpaired) electrons. The zero-order valence-corrected chi connectivity index (χ0v) is 17.8. The molecule has 3 rings (SSSR count). The summed E-state index contributed by atoms with van der Waals surface area (Å²) in [5, 5.41) is 8.91. The smallest absolute Gasteiger partial charge is 0.311 e. The van der Waals surface area contributed by atoms with Gasteiger partial charge in [-0.05, 0) is 25.1 Å². The fraction of sp³-hybridized carbons (Fsp3) is 0.211. The van der Waals surface area contributed by atoms with Crippen LogP contribution in [-0.4, -0.2) is 33.2 Å². The molecular weight excluding hydrogens is 460 g/mol. The molecule has 2 heterocycles. The van der Waals surface area contributed by atoms with Gasteiger partial charge in [-0.15, -0.1) is 11.3 Å². The second-order valence-corrected chi connectivity index (χ2v) is 7.67. The van der Waals surface area contributed by atoms with E-state index in [1.807, 2.05) is 24.3 Å². The molecule has 0 spiro atoms. The van der Waals surface area contributed by atoms with E-state index in [2.05, 4.69) is 31.3 Å². The van der Waals surface area contributed by atoms with Crippen LogP contribution in [0, 0.1) is 0 Å². The molecule has 0 bridgehead atoms. The van der Waals surface area contributed by atoms with Crippen molar-refractivity contribution in [1.82, 2.24) is 14.8 Å². The Morgan fingerprint density at radius 1 is 1.28 bits per heavy atom. The second kappa shape index (κ2) is 9.57. The van der Waals surface area contributed by atoms with Crippen LogP contribution in [0.4, 0.5) is 5.13 Å². The summed E-state index contributed by atoms with van der Waals surface area (Å²) in [6.07, 6.45) is 0.0376. The molecule has 0 atom stereocenters. The van der Waals surface area contributed by atoms with Crippen LogP contribution < -0.4 is 10.9 Å². The Morgan fingerprint density at radius 2 is 2.10 bits per heavy atom. The van der Waals surface area contributed by atoms with E-state index in [0.717, 1.165) is 14.7 Å². The van der Waals surface area contributed by atoms with Crippen molar-refractivity contribution < 1.29 is 14.3 Å². The molecule has 0 fully saturated rings. The summed E-state index contributed by atoms with van der Waals surface area (Å²) in [6.45, 7) is 1.77. The fourth-order valence-corrected chi connectivity index (χ4v) is 3.59. The SMILES string of the molecule is CCOC(=O)Cc1csc(NC(=O)Cn2nc(-c3cccc(Br)c3)ccc2=O)n1. The molecule has 1 N–H and O–H groups in total. The third kappa shape index (κ3) is 5.81. The van der Waals surface area contributed by atoms with Crippen LogP contribution >= 0.6 is 27.3 Å². The molecule has 10 heteroatoms. The Hall–Kier alpha value is -2.85. The van der Waals surface area contributed by atoms with Crippen LogP contribution in [-0.2, 0) is 27.3 Å². The van der Waals surface area contributed by atoms with Crippen molar-refractivity contribution in [3.8, 4) is 11.3 Å². The van der Waals surface area contributed by atoms with Gasteiger partial charge >= 0.3 is 5.97 Å². The van der Waals surface area contributed by atoms with Crippen LogP contribution in [0.1, 0.15) is 12.6 Å². The van der Waals surface area contributed by atoms with Crippen molar-refractivity contribution in [2.75, 3.05) is 11.9 Å². The molecular formula is C19H17BrN4O4S. The number of hydrogen-bond acceptors (Lipinski definition) is 7. The number of amides is 1. The molecule has 0 aliphatic rings. The monoisotopic (exact) mass is 476 g/mol. The van der Waals surface area contributed by atoms with Gasteiger partial charge in [0.05, 0.1) is 24.4 Å². The van der Waals surface area contributed by atoms with Crippen LogP contribution in [0.15, 0.2) is 51.0 Å². The highest BCUT2D eigenvalue weighted by molar-refractivity contribution is 9.10. The summed E-state index contributed by atoms with van der Waals surface area (Å²) < 4.78 is 6.85. The summed E-state index contributed by atoms with van der Waals surface area (Å²) in [7, 11) is 0. The van der Waals surface area contributed by atoms with Crippen LogP contribution in [0.2, 0.25) is 0 Å². The summed E-state index contributed by atoms with van der Waals surface area (Å²) in [5.74, 6) is -0.821. The predicted octanol–water partition coefficient (Wildman–Crippen LogP) is 2.87. The third-order valence-electron chi connectivity index (χ3n) is 3.71. The number of nitrogens with zero attached hydrogens (tertiary/aromatic N) is 3. The lowest BCUT2D eigenvalue weighted by Gasteiger charge is -2.07. The lowest BCUT2D eigenvalue weighted by atomic mass is 10.1. The van der Waals surface area contributed by atoms with E-state index in [1.54, 1.807) is 18.4 Å². The maximum Gasteiger partial charge on any atom is 0.311 e. The highest BCUT2D eigenvalue weighted by Crippen LogP contribution is 2.20. The van der Waals surface area contributed by atoms with Crippen molar-refractivity contribution in [1.29, 1.82) is 0 Å². The molecule has 29 heavy (non-hydrogen) atoms. The Labute approximate surface area is 178 Å². The number of ether oxygens (including phenoxy) is 1. The van der Waals surface area contributed by atoms with E-state index in [4.69, 9.17) is 4.74 Å². The minimum atomic E-state index is -0.442. The maximum absolute atomic E-state index is 12.3. The van der Waals surface area contributed by atoms with Gasteiger partial charge in [-0.25, -0.2) is 9.67 Å². The normalized spacial score (nSPS) is 10.6. The van der Waals surface area contributed by atoms with E-state index in [1.165, 1.54) is 17.4 Å². The molecule has 3 aromatic rings. The van der Waals surface area contributed by atoms with Gasteiger partial charge in [0.15, 0.2) is 5.13 Å². The zero-order valence-electron chi connectivity index (χ0n) is 15.4. The summed E-state index contributed by atoms with van der Waals surface area (Å²) in [5.41, 5.74) is 1.51. The lowest BCUT2D eigenvalue weighted by molar-refractivity contribution is -0.142. The Balaban J connectivity index is 1.68. The molecule has 0 saturated heterocycles. The maximum atomic E-state index is 12.3. The van der Waals surface area contributed by atoms with E-state index >= 15 is 0 Å². The quantitative estimate of drug-likeness (QED) is 0.525. The molecule has 0 saturated carbocycles. The Bertz CT molecular complexity index is 1100. The first-order valence-corrected chi connectivity index (χ1v) is 10.4. The second-order valence-electron chi connectivity index (χ2n) is 5.90. The molecule has 2 aromatic heterocycles. The minimum absolute atomic E-state index is 0.0376. The highest BCUT2D eigenvalue weighted by atomic mass is 79.9. The highest BCUT2D eigenvalue weighted by Gasteiger charge is 2.12. The number of halogens is 1. The number of rotatable bonds is 7. The van der Waals surface area contributed by atoms with Crippen LogP contribution in [0.5, 0.6) is 0 Å². The van der Waals surface area contributed by atoms with Crippen LogP contribution in [0.3, 0.4) is 0 Å². The molecule has 1 aromatic carbocycles. The topological polar surface area (TPSA) is 103 Å². The zero-order chi connectivity index (χ0) is 20.8. The predicted molar refractivity (Wildman–Crippen MR) is 113 cm³/mol. The van der Waals surface area contributed by atoms with Gasteiger partial charge in [0.2, 0.25) is 5.91 Å². The lowest BCUT2D eigenvalue weighted by Crippen LogP contribution is -2.29. The Morgan fingerprint density at radius 3 is 2.86 bits per heavy atom. The van der Waals surface area contributed by atoms with Gasteiger partial charge in [-0.2, -0.15) is 5.10 Å². The molecule has 8 nitrogen and oxygen atoms in total. The number of anilines is 1. The third-order valence-corrected chi connectivity index (χ3v) is 5.01. The minimum Gasteiger partial charge on any atom is -0.466 e. The Kier molecular flexibility index (Phi) is 6.89. The number of benzene rings is 1. The van der Waals surface area contributed by atoms with Crippen molar-refractivity contribution in [3.05, 3.63) is 62.3 Å². The number of hydrogen-bond donors (Lipinski definition) is 1. The largest absolute Gasteiger partial charge is 0.466 e. The van der Waals surface area contributed by atoms with E-state index in [9.17, 15) is 14.4 Å². The van der Waals surface area contributed by atoms with Gasteiger partial charge in [0.1, 0.15) is 6.54 Å². The van der Waals surface area contributed by atoms with Crippen molar-refractivity contribution in [2.45, 2.75) is 19.9 Å². The van der Waals surface area contributed by atoms with E-state index in [0.29, 0.717) is 23.1 Å². The number of thiazole rings is 1. The average Bonchev–Trinajstić information content (AvgIpc) is 3.10. The summed E-state index contributed by atoms with van der Waals surface area (Å²) >= 11 is 4.59. The van der Waals surface area contributed by atoms with Crippen molar-refractivity contribution >= 4 is 44.3 Å². The van der Waals surface area contributed by atoms with Gasteiger partial charge < -0.3 is 10.1 Å².